The van der Waals surface area contributed by atoms with Crippen molar-refractivity contribution in [2.75, 3.05) is 18.1 Å². The second-order valence-electron chi connectivity index (χ2n) is 7.46. The Balaban J connectivity index is 1.18. The van der Waals surface area contributed by atoms with Crippen LogP contribution in [0.15, 0.2) is 46.0 Å². The van der Waals surface area contributed by atoms with Gasteiger partial charge in [0.05, 0.1) is 10.6 Å². The van der Waals surface area contributed by atoms with Crippen molar-refractivity contribution >= 4 is 40.8 Å². The normalized spacial score (nSPS) is 15.7. The van der Waals surface area contributed by atoms with Gasteiger partial charge >= 0.3 is 0 Å². The monoisotopic (exact) mass is 459 g/mol. The molecule has 0 aliphatic heterocycles. The Hall–Kier alpha value is -1.77. The van der Waals surface area contributed by atoms with Gasteiger partial charge in [-0.15, -0.1) is 21.5 Å². The molecule has 1 amide bonds. The fourth-order valence-electron chi connectivity index (χ4n) is 3.38. The van der Waals surface area contributed by atoms with Crippen molar-refractivity contribution in [2.24, 2.45) is 5.92 Å². The number of carbonyl (C=O) groups excluding carboxylic acids is 1. The van der Waals surface area contributed by atoms with Crippen molar-refractivity contribution in [1.29, 1.82) is 0 Å². The van der Waals surface area contributed by atoms with Gasteiger partial charge in [-0.25, -0.2) is 0 Å². The Bertz CT molecular complexity index is 971. The number of fused-ring (bicyclic) bond motifs is 1. The van der Waals surface area contributed by atoms with Gasteiger partial charge in [0.1, 0.15) is 0 Å². The van der Waals surface area contributed by atoms with Gasteiger partial charge in [-0.05, 0) is 42.4 Å². The van der Waals surface area contributed by atoms with Gasteiger partial charge in [0.25, 0.3) is 11.1 Å². The third-order valence-electron chi connectivity index (χ3n) is 4.95. The molecule has 0 saturated heterocycles. The van der Waals surface area contributed by atoms with Crippen LogP contribution in [0.25, 0.3) is 10.8 Å². The van der Waals surface area contributed by atoms with Gasteiger partial charge in [0, 0.05) is 22.9 Å². The maximum absolute atomic E-state index is 12.1. The lowest BCUT2D eigenvalue weighted by Crippen LogP contribution is -2.27. The van der Waals surface area contributed by atoms with Crippen LogP contribution >= 0.6 is 34.9 Å². The van der Waals surface area contributed by atoms with Crippen LogP contribution in [0.3, 0.4) is 0 Å². The summed E-state index contributed by atoms with van der Waals surface area (Å²) in [6, 6.07) is 12.5. The molecule has 0 saturated carbocycles. The number of amides is 1. The zero-order valence-corrected chi connectivity index (χ0v) is 19.4. The Morgan fingerprint density at radius 1 is 1.30 bits per heavy atom. The Morgan fingerprint density at radius 3 is 3.03 bits per heavy atom. The van der Waals surface area contributed by atoms with Gasteiger partial charge in [-0.1, -0.05) is 49.0 Å². The molecule has 2 heterocycles. The molecular formula is C22H25N3O2S3. The van der Waals surface area contributed by atoms with E-state index >= 15 is 0 Å². The lowest BCUT2D eigenvalue weighted by atomic mass is 9.90. The SMILES string of the molecule is C[C@H]1CCc2sc(-c3nnc(SCC(=O)NCCSCc4ccccc4)o3)cc2C1. The predicted octanol–water partition coefficient (Wildman–Crippen LogP) is 5.06. The molecule has 3 aromatic rings. The van der Waals surface area contributed by atoms with Crippen LogP contribution in [0.1, 0.15) is 29.3 Å². The van der Waals surface area contributed by atoms with Crippen LogP contribution in [0.5, 0.6) is 0 Å². The first kappa shape index (κ1) is 21.5. The van der Waals surface area contributed by atoms with Gasteiger partial charge in [-0.2, -0.15) is 11.8 Å². The molecular weight excluding hydrogens is 434 g/mol. The van der Waals surface area contributed by atoms with E-state index in [2.05, 4.69) is 40.6 Å². The van der Waals surface area contributed by atoms with Crippen LogP contribution < -0.4 is 5.32 Å². The van der Waals surface area contributed by atoms with Crippen LogP contribution in [0.2, 0.25) is 0 Å². The van der Waals surface area contributed by atoms with E-state index < -0.39 is 0 Å². The van der Waals surface area contributed by atoms with Gasteiger partial charge < -0.3 is 9.73 Å². The highest BCUT2D eigenvalue weighted by Crippen LogP contribution is 2.37. The van der Waals surface area contributed by atoms with E-state index in [1.807, 2.05) is 30.0 Å². The number of thioether (sulfide) groups is 2. The summed E-state index contributed by atoms with van der Waals surface area (Å²) < 4.78 is 5.78. The summed E-state index contributed by atoms with van der Waals surface area (Å²) in [4.78, 5) is 14.5. The minimum atomic E-state index is -0.0133. The lowest BCUT2D eigenvalue weighted by molar-refractivity contribution is -0.118. The van der Waals surface area contributed by atoms with E-state index in [0.717, 1.165) is 35.1 Å². The smallest absolute Gasteiger partial charge is 0.277 e. The minimum absolute atomic E-state index is 0.0133. The number of benzene rings is 1. The minimum Gasteiger partial charge on any atom is -0.410 e. The molecule has 4 rings (SSSR count). The maximum atomic E-state index is 12.1. The van der Waals surface area contributed by atoms with Gasteiger partial charge in [0.15, 0.2) is 0 Å². The van der Waals surface area contributed by atoms with Gasteiger partial charge in [-0.3, -0.25) is 4.79 Å². The Morgan fingerprint density at radius 2 is 2.17 bits per heavy atom. The Kier molecular flexibility index (Phi) is 7.52. The molecule has 1 aliphatic carbocycles. The highest BCUT2D eigenvalue weighted by Gasteiger charge is 2.21. The fraction of sp³-hybridized carbons (Fsp3) is 0.409. The fourth-order valence-corrected chi connectivity index (χ4v) is 5.93. The lowest BCUT2D eigenvalue weighted by Gasteiger charge is -2.16. The number of hydrogen-bond acceptors (Lipinski definition) is 7. The standard InChI is InChI=1S/C22H25N3O2S3/c1-15-7-8-18-17(11-15)12-19(30-18)21-24-25-22(27-21)29-14-20(26)23-9-10-28-13-16-5-3-2-4-6-16/h2-6,12,15H,7-11,13-14H2,1H3,(H,23,26)/t15-/m0/s1. The summed E-state index contributed by atoms with van der Waals surface area (Å²) in [5.41, 5.74) is 2.73. The number of aryl methyl sites for hydroxylation is 1. The summed E-state index contributed by atoms with van der Waals surface area (Å²) in [7, 11) is 0. The number of aromatic nitrogens is 2. The number of nitrogens with one attached hydrogen (secondary N) is 1. The first-order valence-electron chi connectivity index (χ1n) is 10.1. The molecule has 1 aliphatic rings. The zero-order valence-electron chi connectivity index (χ0n) is 16.9. The molecule has 0 unspecified atom stereocenters. The molecule has 158 valence electrons. The number of carbonyl (C=O) groups is 1. The number of rotatable bonds is 9. The summed E-state index contributed by atoms with van der Waals surface area (Å²) >= 11 is 4.85. The van der Waals surface area contributed by atoms with E-state index in [1.54, 1.807) is 11.3 Å². The molecule has 30 heavy (non-hydrogen) atoms. The van der Waals surface area contributed by atoms with E-state index in [1.165, 1.54) is 34.2 Å². The largest absolute Gasteiger partial charge is 0.410 e. The van der Waals surface area contributed by atoms with Crippen LogP contribution in [-0.4, -0.2) is 34.2 Å². The number of nitrogens with zero attached hydrogens (tertiary/aromatic N) is 2. The topological polar surface area (TPSA) is 68.0 Å². The van der Waals surface area contributed by atoms with E-state index in [-0.39, 0.29) is 11.7 Å². The number of thiophene rings is 1. The van der Waals surface area contributed by atoms with Gasteiger partial charge in [0.2, 0.25) is 5.91 Å². The van der Waals surface area contributed by atoms with Crippen LogP contribution in [-0.2, 0) is 23.4 Å². The molecule has 2 aromatic heterocycles. The molecule has 0 spiro atoms. The predicted molar refractivity (Wildman–Crippen MR) is 125 cm³/mol. The summed E-state index contributed by atoms with van der Waals surface area (Å²) in [6.45, 7) is 2.96. The van der Waals surface area contributed by atoms with E-state index in [9.17, 15) is 4.79 Å². The van der Waals surface area contributed by atoms with E-state index in [0.29, 0.717) is 17.7 Å². The highest BCUT2D eigenvalue weighted by atomic mass is 32.2. The first-order chi connectivity index (χ1) is 14.7. The Labute approximate surface area is 189 Å². The third kappa shape index (κ3) is 5.89. The number of hydrogen-bond donors (Lipinski definition) is 1. The maximum Gasteiger partial charge on any atom is 0.277 e. The van der Waals surface area contributed by atoms with E-state index in [4.69, 9.17) is 4.42 Å². The molecule has 0 bridgehead atoms. The van der Waals surface area contributed by atoms with Crippen LogP contribution in [0, 0.1) is 5.92 Å². The first-order valence-corrected chi connectivity index (χ1v) is 13.1. The average molecular weight is 460 g/mol. The average Bonchev–Trinajstić information content (AvgIpc) is 3.39. The molecule has 0 fully saturated rings. The van der Waals surface area contributed by atoms with Crippen molar-refractivity contribution in [3.63, 3.8) is 0 Å². The molecule has 8 heteroatoms. The van der Waals surface area contributed by atoms with Crippen molar-refractivity contribution < 1.29 is 9.21 Å². The zero-order chi connectivity index (χ0) is 20.8. The molecule has 1 N–H and O–H groups in total. The summed E-state index contributed by atoms with van der Waals surface area (Å²) in [6.07, 6.45) is 3.52. The highest BCUT2D eigenvalue weighted by molar-refractivity contribution is 7.99. The second-order valence-corrected chi connectivity index (χ2v) is 10.6. The van der Waals surface area contributed by atoms with Crippen molar-refractivity contribution in [3.8, 4) is 10.8 Å². The van der Waals surface area contributed by atoms with Crippen molar-refractivity contribution in [1.82, 2.24) is 15.5 Å². The molecule has 1 atom stereocenters. The quantitative estimate of drug-likeness (QED) is 0.356. The molecule has 1 aromatic carbocycles. The summed E-state index contributed by atoms with van der Waals surface area (Å²) in [5.74, 6) is 3.41. The second kappa shape index (κ2) is 10.5. The summed E-state index contributed by atoms with van der Waals surface area (Å²) in [5, 5.41) is 11.7. The molecule has 5 nitrogen and oxygen atoms in total. The van der Waals surface area contributed by atoms with Crippen LogP contribution in [0.4, 0.5) is 0 Å². The molecule has 0 radical (unpaired) electrons. The third-order valence-corrected chi connectivity index (χ3v) is 8.03. The van der Waals surface area contributed by atoms with Crippen molar-refractivity contribution in [3.05, 3.63) is 52.4 Å². The van der Waals surface area contributed by atoms with Crippen molar-refractivity contribution in [2.45, 2.75) is 37.2 Å².